The van der Waals surface area contributed by atoms with Gasteiger partial charge in [-0.2, -0.15) is 0 Å². The van der Waals surface area contributed by atoms with Crippen molar-refractivity contribution in [2.75, 3.05) is 11.5 Å². The number of hydrogen-bond acceptors (Lipinski definition) is 5. The van der Waals surface area contributed by atoms with Crippen molar-refractivity contribution in [3.05, 3.63) is 143 Å². The average Bonchev–Trinajstić information content (AvgIpc) is 3.71. The molecule has 0 saturated heterocycles. The highest BCUT2D eigenvalue weighted by molar-refractivity contribution is 7.87. The van der Waals surface area contributed by atoms with E-state index < -0.39 is 10.8 Å². The zero-order chi connectivity index (χ0) is 32.0. The number of pyridine rings is 1. The Hall–Kier alpha value is -4.96. The second-order valence-corrected chi connectivity index (χ2v) is 12.3. The van der Waals surface area contributed by atoms with E-state index in [1.165, 1.54) is 24.2 Å². The standard InChI is InChI=1S/C23H24N2OS3.C9H4.C6H4/c1-2-3-4-8-14-29(26)23-21(24)20-17(16-10-6-5-7-11-16)15-18(25-22(20)28-23)19-12-9-13-27-19;1-3-5-7-9-8-6-4-2;1-3-5-6-4-2/h5-7,9-13,15H,2-4,8,14,24H2,1H3;1-2H2;1-2H2. The molecule has 0 spiro atoms. The number of aromatic nitrogens is 1. The highest BCUT2D eigenvalue weighted by Crippen LogP contribution is 2.43. The van der Waals surface area contributed by atoms with Crippen LogP contribution in [-0.2, 0) is 10.8 Å². The number of rotatable bonds is 8. The van der Waals surface area contributed by atoms with Crippen LogP contribution in [-0.4, -0.2) is 14.9 Å². The number of nitrogen functional groups attached to an aromatic ring is 1. The lowest BCUT2D eigenvalue weighted by Gasteiger charge is -2.08. The van der Waals surface area contributed by atoms with Gasteiger partial charge < -0.3 is 5.73 Å². The summed E-state index contributed by atoms with van der Waals surface area (Å²) in [6, 6.07) is 16.5. The lowest BCUT2D eigenvalue weighted by atomic mass is 10.0. The van der Waals surface area contributed by atoms with Gasteiger partial charge in [0, 0.05) is 11.1 Å². The molecule has 3 nitrogen and oxygen atoms in total. The van der Waals surface area contributed by atoms with Crippen LogP contribution >= 0.6 is 22.7 Å². The molecule has 0 aliphatic heterocycles. The predicted octanol–water partition coefficient (Wildman–Crippen LogP) is 10.3. The Morgan fingerprint density at radius 1 is 0.818 bits per heavy atom. The molecule has 4 rings (SSSR count). The molecule has 0 aliphatic carbocycles. The van der Waals surface area contributed by atoms with E-state index in [-0.39, 0.29) is 0 Å². The molecule has 0 aliphatic rings. The van der Waals surface area contributed by atoms with Gasteiger partial charge in [0.25, 0.3) is 0 Å². The molecule has 3 aromatic heterocycles. The van der Waals surface area contributed by atoms with E-state index in [1.807, 2.05) is 24.3 Å². The molecule has 1 unspecified atom stereocenters. The Kier molecular flexibility index (Phi) is 16.7. The smallest absolute Gasteiger partial charge is 0.127 e. The van der Waals surface area contributed by atoms with Crippen LogP contribution in [0.4, 0.5) is 5.69 Å². The fourth-order valence-electron chi connectivity index (χ4n) is 3.69. The second kappa shape index (κ2) is 20.8. The molecular formula is C38H32N2OS3. The summed E-state index contributed by atoms with van der Waals surface area (Å²) >= 11 is 3.16. The molecule has 3 heterocycles. The minimum absolute atomic E-state index is 0.628. The van der Waals surface area contributed by atoms with Gasteiger partial charge in [-0.3, -0.25) is 4.21 Å². The maximum atomic E-state index is 13.0. The van der Waals surface area contributed by atoms with Gasteiger partial charge in [-0.05, 0) is 101 Å². The quantitative estimate of drug-likeness (QED) is 0.156. The number of hydrogen-bond donors (Lipinski definition) is 1. The Bertz CT molecular complexity index is 1930. The minimum atomic E-state index is -1.08. The van der Waals surface area contributed by atoms with E-state index in [4.69, 9.17) is 10.7 Å². The number of nitrogens with zero attached hydrogens (tertiary/aromatic N) is 1. The van der Waals surface area contributed by atoms with Gasteiger partial charge >= 0.3 is 0 Å². The first-order valence-electron chi connectivity index (χ1n) is 13.6. The Labute approximate surface area is 270 Å². The van der Waals surface area contributed by atoms with Crippen LogP contribution in [0.15, 0.2) is 147 Å². The zero-order valence-corrected chi connectivity index (χ0v) is 27.2. The largest absolute Gasteiger partial charge is 0.396 e. The third-order valence-corrected chi connectivity index (χ3v) is 9.47. The van der Waals surface area contributed by atoms with Crippen LogP contribution in [0.3, 0.4) is 0 Å². The van der Waals surface area contributed by atoms with Gasteiger partial charge in [-0.25, -0.2) is 4.98 Å². The third kappa shape index (κ3) is 11.4. The van der Waals surface area contributed by atoms with E-state index in [2.05, 4.69) is 126 Å². The van der Waals surface area contributed by atoms with Gasteiger partial charge in [0.05, 0.1) is 27.1 Å². The van der Waals surface area contributed by atoms with Gasteiger partial charge in [0.1, 0.15) is 9.04 Å². The van der Waals surface area contributed by atoms with Crippen molar-refractivity contribution in [2.24, 2.45) is 0 Å². The molecular weight excluding hydrogens is 597 g/mol. The van der Waals surface area contributed by atoms with Gasteiger partial charge in [-0.15, -0.1) is 22.7 Å². The van der Waals surface area contributed by atoms with Gasteiger partial charge in [0.15, 0.2) is 0 Å². The summed E-state index contributed by atoms with van der Waals surface area (Å²) in [6.07, 6.45) is 4.44. The van der Waals surface area contributed by atoms with Crippen LogP contribution in [0, 0.1) is 0 Å². The van der Waals surface area contributed by atoms with Crippen LogP contribution in [0.5, 0.6) is 0 Å². The Morgan fingerprint density at radius 3 is 2.00 bits per heavy atom. The summed E-state index contributed by atoms with van der Waals surface area (Å²) in [4.78, 5) is 6.88. The average molecular weight is 629 g/mol. The molecule has 4 aromatic rings. The molecule has 0 bridgehead atoms. The molecule has 44 heavy (non-hydrogen) atoms. The summed E-state index contributed by atoms with van der Waals surface area (Å²) in [5.74, 6) is 0.662. The molecule has 1 atom stereocenters. The van der Waals surface area contributed by atoms with Crippen molar-refractivity contribution in [2.45, 2.75) is 36.8 Å². The number of fused-ring (bicyclic) bond motifs is 1. The number of benzene rings is 1. The normalized spacial score (nSPS) is 9.39. The van der Waals surface area contributed by atoms with E-state index in [9.17, 15) is 4.21 Å². The Morgan fingerprint density at radius 2 is 1.43 bits per heavy atom. The minimum Gasteiger partial charge on any atom is -0.396 e. The Balaban J connectivity index is 0.000000374. The first-order chi connectivity index (χ1) is 21.5. The number of unbranched alkanes of at least 4 members (excludes halogenated alkanes) is 3. The molecule has 0 radical (unpaired) electrons. The topological polar surface area (TPSA) is 56.0 Å². The van der Waals surface area contributed by atoms with E-state index in [0.717, 1.165) is 49.0 Å². The highest BCUT2D eigenvalue weighted by atomic mass is 32.2. The molecule has 6 heteroatoms. The van der Waals surface area contributed by atoms with Crippen molar-refractivity contribution in [3.63, 3.8) is 0 Å². The second-order valence-electron chi connectivity index (χ2n) is 8.57. The molecule has 1 aromatic carbocycles. The number of thiophene rings is 2. The summed E-state index contributed by atoms with van der Waals surface area (Å²) < 4.78 is 13.7. The summed E-state index contributed by atoms with van der Waals surface area (Å²) in [7, 11) is -1.08. The molecule has 2 N–H and O–H groups in total. The van der Waals surface area contributed by atoms with Crippen molar-refractivity contribution in [1.82, 2.24) is 4.98 Å². The first-order valence-corrected chi connectivity index (χ1v) is 16.6. The predicted molar refractivity (Wildman–Crippen MR) is 189 cm³/mol. The van der Waals surface area contributed by atoms with Gasteiger partial charge in [-0.1, -0.05) is 85.5 Å². The molecule has 218 valence electrons. The monoisotopic (exact) mass is 628 g/mol. The molecule has 0 amide bonds. The van der Waals surface area contributed by atoms with Crippen LogP contribution in [0.1, 0.15) is 32.6 Å². The maximum Gasteiger partial charge on any atom is 0.127 e. The highest BCUT2D eigenvalue weighted by Gasteiger charge is 2.21. The van der Waals surface area contributed by atoms with E-state index >= 15 is 0 Å². The molecule has 0 saturated carbocycles. The summed E-state index contributed by atoms with van der Waals surface area (Å²) in [6.45, 7) is 15.2. The van der Waals surface area contributed by atoms with Crippen molar-refractivity contribution in [1.29, 1.82) is 0 Å². The van der Waals surface area contributed by atoms with Gasteiger partial charge in [0.2, 0.25) is 0 Å². The lowest BCUT2D eigenvalue weighted by molar-refractivity contribution is 0.669. The summed E-state index contributed by atoms with van der Waals surface area (Å²) in [5.41, 5.74) is 36.8. The fraction of sp³-hybridized carbons (Fsp3) is 0.158. The van der Waals surface area contributed by atoms with Crippen molar-refractivity contribution < 1.29 is 4.21 Å². The van der Waals surface area contributed by atoms with E-state index in [1.54, 1.807) is 11.3 Å². The van der Waals surface area contributed by atoms with Crippen LogP contribution in [0.25, 0.3) is 31.9 Å². The number of nitrogens with two attached hydrogens (primary N) is 1. The lowest BCUT2D eigenvalue weighted by Crippen LogP contribution is -1.99. The number of anilines is 1. The van der Waals surface area contributed by atoms with Crippen molar-refractivity contribution in [3.8, 4) is 21.7 Å². The van der Waals surface area contributed by atoms with E-state index in [0.29, 0.717) is 11.4 Å². The first kappa shape index (κ1) is 35.2. The van der Waals surface area contributed by atoms with Crippen LogP contribution < -0.4 is 5.73 Å². The SMILES string of the molecule is C=C=C=C=C=C.C=C=C=C=C=C=C=C=C.CCCCCCS(=O)c1sc2nc(-c3cccs3)cc(-c3ccccc3)c2c1N. The fourth-order valence-corrected chi connectivity index (χ4v) is 7.09. The van der Waals surface area contributed by atoms with Crippen molar-refractivity contribution >= 4 is 49.4 Å². The molecule has 0 fully saturated rings. The van der Waals surface area contributed by atoms with Crippen LogP contribution in [0.2, 0.25) is 0 Å². The third-order valence-electron chi connectivity index (χ3n) is 5.58. The summed E-state index contributed by atoms with van der Waals surface area (Å²) in [5, 5.41) is 2.99. The zero-order valence-electron chi connectivity index (χ0n) is 24.7. The maximum absolute atomic E-state index is 13.0.